The summed E-state index contributed by atoms with van der Waals surface area (Å²) in [4.78, 5) is 23.3. The van der Waals surface area contributed by atoms with Crippen LogP contribution in [-0.2, 0) is 9.53 Å². The van der Waals surface area contributed by atoms with Crippen molar-refractivity contribution in [2.45, 2.75) is 34.6 Å². The van der Waals surface area contributed by atoms with Crippen molar-refractivity contribution in [2.75, 3.05) is 6.61 Å². The standard InChI is InChI=1S/C14H18O3/c1-6-17-14(16)13(15)12-7-8(2)9(3)10(4)11(12)5/h7H,6H2,1-5H3. The molecule has 0 radical (unpaired) electrons. The average Bonchev–Trinajstić information content (AvgIpc) is 2.30. The number of ketones is 1. The van der Waals surface area contributed by atoms with Gasteiger partial charge in [-0.2, -0.15) is 0 Å². The second kappa shape index (κ2) is 5.13. The molecule has 0 aliphatic heterocycles. The van der Waals surface area contributed by atoms with Crippen molar-refractivity contribution in [2.24, 2.45) is 0 Å². The Morgan fingerprint density at radius 1 is 1.06 bits per heavy atom. The Morgan fingerprint density at radius 3 is 2.18 bits per heavy atom. The lowest BCUT2D eigenvalue weighted by atomic mass is 9.93. The lowest BCUT2D eigenvalue weighted by molar-refractivity contribution is -0.137. The summed E-state index contributed by atoms with van der Waals surface area (Å²) in [6.07, 6.45) is 0. The van der Waals surface area contributed by atoms with Crippen LogP contribution in [-0.4, -0.2) is 18.4 Å². The summed E-state index contributed by atoms with van der Waals surface area (Å²) in [5.41, 5.74) is 4.52. The third-order valence-electron chi connectivity index (χ3n) is 3.19. The Hall–Kier alpha value is -1.64. The van der Waals surface area contributed by atoms with Crippen LogP contribution in [0.15, 0.2) is 6.07 Å². The monoisotopic (exact) mass is 234 g/mol. The Bertz CT molecular complexity index is 473. The molecule has 0 spiro atoms. The van der Waals surface area contributed by atoms with Crippen molar-refractivity contribution in [3.8, 4) is 0 Å². The molecule has 1 rings (SSSR count). The van der Waals surface area contributed by atoms with Gasteiger partial charge in [0.25, 0.3) is 5.78 Å². The number of carbonyl (C=O) groups is 2. The Labute approximate surface area is 102 Å². The number of esters is 1. The first-order valence-electron chi connectivity index (χ1n) is 5.69. The Balaban J connectivity index is 3.24. The summed E-state index contributed by atoms with van der Waals surface area (Å²) in [6, 6.07) is 1.76. The Morgan fingerprint density at radius 2 is 1.65 bits per heavy atom. The lowest BCUT2D eigenvalue weighted by Crippen LogP contribution is -2.19. The van der Waals surface area contributed by atoms with E-state index in [1.807, 2.05) is 27.7 Å². The van der Waals surface area contributed by atoms with Gasteiger partial charge in [0, 0.05) is 5.56 Å². The summed E-state index contributed by atoms with van der Waals surface area (Å²) in [5, 5.41) is 0. The maximum absolute atomic E-state index is 11.9. The fourth-order valence-corrected chi connectivity index (χ4v) is 1.75. The van der Waals surface area contributed by atoms with Crippen LogP contribution in [0, 0.1) is 27.7 Å². The molecule has 0 aliphatic carbocycles. The molecule has 1 aromatic carbocycles. The van der Waals surface area contributed by atoms with E-state index in [4.69, 9.17) is 4.74 Å². The van der Waals surface area contributed by atoms with Crippen LogP contribution in [0.1, 0.15) is 39.5 Å². The molecule has 92 valence electrons. The fraction of sp³-hybridized carbons (Fsp3) is 0.429. The summed E-state index contributed by atoms with van der Waals surface area (Å²) < 4.78 is 4.73. The molecular formula is C14H18O3. The van der Waals surface area contributed by atoms with Crippen molar-refractivity contribution in [3.05, 3.63) is 33.9 Å². The van der Waals surface area contributed by atoms with E-state index in [-0.39, 0.29) is 6.61 Å². The van der Waals surface area contributed by atoms with Gasteiger partial charge in [0.2, 0.25) is 0 Å². The van der Waals surface area contributed by atoms with Crippen molar-refractivity contribution in [1.29, 1.82) is 0 Å². The van der Waals surface area contributed by atoms with E-state index in [1.165, 1.54) is 0 Å². The van der Waals surface area contributed by atoms with Gasteiger partial charge in [-0.15, -0.1) is 0 Å². The van der Waals surface area contributed by atoms with E-state index in [0.717, 1.165) is 22.3 Å². The number of carbonyl (C=O) groups excluding carboxylic acids is 2. The van der Waals surface area contributed by atoms with Crippen LogP contribution in [0.25, 0.3) is 0 Å². The highest BCUT2D eigenvalue weighted by molar-refractivity contribution is 6.41. The zero-order valence-electron chi connectivity index (χ0n) is 11.0. The number of aryl methyl sites for hydroxylation is 1. The molecule has 3 nitrogen and oxygen atoms in total. The lowest BCUT2D eigenvalue weighted by Gasteiger charge is -2.12. The molecule has 0 unspecified atom stereocenters. The smallest absolute Gasteiger partial charge is 0.379 e. The van der Waals surface area contributed by atoms with Gasteiger partial charge < -0.3 is 4.74 Å². The van der Waals surface area contributed by atoms with Crippen LogP contribution >= 0.6 is 0 Å². The van der Waals surface area contributed by atoms with Crippen molar-refractivity contribution >= 4 is 11.8 Å². The van der Waals surface area contributed by atoms with Gasteiger partial charge in [-0.1, -0.05) is 0 Å². The highest BCUT2D eigenvalue weighted by Gasteiger charge is 2.21. The fourth-order valence-electron chi connectivity index (χ4n) is 1.75. The van der Waals surface area contributed by atoms with Gasteiger partial charge in [0.05, 0.1) is 6.61 Å². The molecule has 0 fully saturated rings. The average molecular weight is 234 g/mol. The molecule has 0 atom stereocenters. The zero-order valence-corrected chi connectivity index (χ0v) is 11.0. The molecule has 0 amide bonds. The van der Waals surface area contributed by atoms with E-state index in [9.17, 15) is 9.59 Å². The molecule has 3 heteroatoms. The molecule has 0 aliphatic rings. The van der Waals surface area contributed by atoms with Gasteiger partial charge in [-0.3, -0.25) is 4.79 Å². The van der Waals surface area contributed by atoms with Crippen LogP contribution < -0.4 is 0 Å². The first-order valence-corrected chi connectivity index (χ1v) is 5.69. The summed E-state index contributed by atoms with van der Waals surface area (Å²) in [5.74, 6) is -1.34. The van der Waals surface area contributed by atoms with Gasteiger partial charge in [-0.25, -0.2) is 4.79 Å². The predicted octanol–water partition coefficient (Wildman–Crippen LogP) is 2.67. The molecule has 1 aromatic rings. The summed E-state index contributed by atoms with van der Waals surface area (Å²) in [6.45, 7) is 9.66. The largest absolute Gasteiger partial charge is 0.460 e. The van der Waals surface area contributed by atoms with Crippen molar-refractivity contribution in [1.82, 2.24) is 0 Å². The molecule has 0 bridgehead atoms. The van der Waals surface area contributed by atoms with Crippen LogP contribution in [0.3, 0.4) is 0 Å². The first-order chi connectivity index (χ1) is 7.90. The minimum atomic E-state index is -0.779. The minimum absolute atomic E-state index is 0.216. The maximum Gasteiger partial charge on any atom is 0.379 e. The molecule has 0 N–H and O–H groups in total. The molecule has 17 heavy (non-hydrogen) atoms. The molecular weight excluding hydrogens is 216 g/mol. The van der Waals surface area contributed by atoms with E-state index in [2.05, 4.69) is 0 Å². The molecule has 0 saturated carbocycles. The van der Waals surface area contributed by atoms with E-state index in [1.54, 1.807) is 13.0 Å². The van der Waals surface area contributed by atoms with Gasteiger partial charge in [-0.05, 0) is 62.9 Å². The number of rotatable bonds is 3. The quantitative estimate of drug-likeness (QED) is 0.459. The van der Waals surface area contributed by atoms with Crippen molar-refractivity contribution < 1.29 is 14.3 Å². The van der Waals surface area contributed by atoms with E-state index in [0.29, 0.717) is 5.56 Å². The predicted molar refractivity (Wildman–Crippen MR) is 66.4 cm³/mol. The summed E-state index contributed by atoms with van der Waals surface area (Å²) in [7, 11) is 0. The Kier molecular flexibility index (Phi) is 4.05. The zero-order chi connectivity index (χ0) is 13.2. The number of Topliss-reactive ketones (excluding diaryl/α,β-unsaturated/α-hetero) is 1. The van der Waals surface area contributed by atoms with E-state index >= 15 is 0 Å². The minimum Gasteiger partial charge on any atom is -0.460 e. The number of hydrogen-bond donors (Lipinski definition) is 0. The van der Waals surface area contributed by atoms with Crippen LogP contribution in [0.2, 0.25) is 0 Å². The maximum atomic E-state index is 11.9. The van der Waals surface area contributed by atoms with Crippen LogP contribution in [0.5, 0.6) is 0 Å². The number of ether oxygens (including phenoxy) is 1. The van der Waals surface area contributed by atoms with Crippen molar-refractivity contribution in [3.63, 3.8) is 0 Å². The third kappa shape index (κ3) is 2.54. The number of benzene rings is 1. The highest BCUT2D eigenvalue weighted by Crippen LogP contribution is 2.21. The molecule has 0 saturated heterocycles. The topological polar surface area (TPSA) is 43.4 Å². The second-order valence-corrected chi connectivity index (χ2v) is 4.17. The normalized spacial score (nSPS) is 10.2. The molecule has 0 heterocycles. The van der Waals surface area contributed by atoms with Gasteiger partial charge in [0.15, 0.2) is 0 Å². The SMILES string of the molecule is CCOC(=O)C(=O)c1cc(C)c(C)c(C)c1C. The second-order valence-electron chi connectivity index (χ2n) is 4.17. The molecule has 0 aromatic heterocycles. The summed E-state index contributed by atoms with van der Waals surface area (Å²) >= 11 is 0. The van der Waals surface area contributed by atoms with Gasteiger partial charge >= 0.3 is 5.97 Å². The highest BCUT2D eigenvalue weighted by atomic mass is 16.5. The number of hydrogen-bond acceptors (Lipinski definition) is 3. The third-order valence-corrected chi connectivity index (χ3v) is 3.19. The van der Waals surface area contributed by atoms with Crippen LogP contribution in [0.4, 0.5) is 0 Å². The van der Waals surface area contributed by atoms with E-state index < -0.39 is 11.8 Å². The van der Waals surface area contributed by atoms with Gasteiger partial charge in [0.1, 0.15) is 0 Å². The first kappa shape index (κ1) is 13.4.